The van der Waals surface area contributed by atoms with Crippen LogP contribution < -0.4 is 4.90 Å². The summed E-state index contributed by atoms with van der Waals surface area (Å²) in [4.78, 5) is 26.3. The average Bonchev–Trinajstić information content (AvgIpc) is 3.22. The Labute approximate surface area is 204 Å². The van der Waals surface area contributed by atoms with Crippen molar-refractivity contribution in [3.63, 3.8) is 0 Å². The van der Waals surface area contributed by atoms with Crippen LogP contribution in [0.25, 0.3) is 5.57 Å². The van der Waals surface area contributed by atoms with Crippen LogP contribution in [0.4, 0.5) is 32.0 Å². The molecule has 0 spiro atoms. The van der Waals surface area contributed by atoms with Crippen LogP contribution in [0.3, 0.4) is 0 Å². The van der Waals surface area contributed by atoms with Crippen molar-refractivity contribution in [2.45, 2.75) is 12.6 Å². The molecule has 2 aliphatic rings. The first-order valence-electron chi connectivity index (χ1n) is 10.4. The van der Waals surface area contributed by atoms with Crippen LogP contribution in [0.15, 0.2) is 65.7 Å². The lowest BCUT2D eigenvalue weighted by Gasteiger charge is -2.40. The summed E-state index contributed by atoms with van der Waals surface area (Å²) in [5.74, 6) is -4.27. The van der Waals surface area contributed by atoms with Crippen LogP contribution in [-0.4, -0.2) is 52.7 Å². The van der Waals surface area contributed by atoms with Gasteiger partial charge in [-0.3, -0.25) is 9.59 Å². The topological polar surface area (TPSA) is 66.4 Å². The van der Waals surface area contributed by atoms with E-state index in [1.165, 1.54) is 17.1 Å². The minimum Gasteiger partial charge on any atom is -0.333 e. The van der Waals surface area contributed by atoms with Gasteiger partial charge in [0.05, 0.1) is 18.0 Å². The molecule has 1 aromatic heterocycles. The van der Waals surface area contributed by atoms with Crippen molar-refractivity contribution in [1.82, 2.24) is 15.1 Å². The number of nitrogens with zero attached hydrogens (tertiary/aromatic N) is 4. The fourth-order valence-electron chi connectivity index (χ4n) is 3.53. The average molecular weight is 526 g/mol. The Hall–Kier alpha value is -3.70. The number of amides is 2. The largest absolute Gasteiger partial charge is 0.471 e. The van der Waals surface area contributed by atoms with Gasteiger partial charge >= 0.3 is 12.1 Å². The molecule has 0 unspecified atom stereocenters. The van der Waals surface area contributed by atoms with Gasteiger partial charge in [-0.2, -0.15) is 13.2 Å². The summed E-state index contributed by atoms with van der Waals surface area (Å²) < 4.78 is 78.8. The van der Waals surface area contributed by atoms with Gasteiger partial charge in [-0.25, -0.2) is 13.2 Å². The van der Waals surface area contributed by atoms with Gasteiger partial charge in [-0.05, 0) is 30.4 Å². The third-order valence-electron chi connectivity index (χ3n) is 5.38. The monoisotopic (exact) mass is 526 g/mol. The summed E-state index contributed by atoms with van der Waals surface area (Å²) in [6.07, 6.45) is -4.14. The van der Waals surface area contributed by atoms with Crippen LogP contribution in [0.1, 0.15) is 16.4 Å². The lowest BCUT2D eigenvalue weighted by molar-refractivity contribution is -0.191. The lowest BCUT2D eigenvalue weighted by Crippen LogP contribution is -2.59. The molecule has 1 fully saturated rings. The van der Waals surface area contributed by atoms with Crippen molar-refractivity contribution in [1.29, 1.82) is 0 Å². The predicted molar refractivity (Wildman–Crippen MR) is 119 cm³/mol. The van der Waals surface area contributed by atoms with Gasteiger partial charge < -0.3 is 9.80 Å². The first-order chi connectivity index (χ1) is 17.0. The van der Waals surface area contributed by atoms with E-state index in [4.69, 9.17) is 0 Å². The Kier molecular flexibility index (Phi) is 7.14. The highest BCUT2D eigenvalue weighted by Crippen LogP contribution is 2.31. The molecule has 0 N–H and O–H groups in total. The molecule has 1 aliphatic heterocycles. The number of hydrogen-bond acceptors (Lipinski definition) is 5. The van der Waals surface area contributed by atoms with Crippen molar-refractivity contribution in [3.8, 4) is 0 Å². The molecule has 188 valence electrons. The molecule has 6 nitrogen and oxygen atoms in total. The van der Waals surface area contributed by atoms with Crippen molar-refractivity contribution in [2.75, 3.05) is 24.5 Å². The Balaban J connectivity index is 1.53. The van der Waals surface area contributed by atoms with Gasteiger partial charge in [0.1, 0.15) is 5.83 Å². The maximum atomic E-state index is 15.1. The van der Waals surface area contributed by atoms with Gasteiger partial charge in [-0.1, -0.05) is 29.5 Å². The Morgan fingerprint density at radius 1 is 1.17 bits per heavy atom. The van der Waals surface area contributed by atoms with E-state index in [2.05, 4.69) is 15.9 Å². The standard InChI is InChI=1S/C23H16F6N4O2S/c24-17-9-13(19-30-31-20(36-19)18(25)26)5-4-6-14(17)12-33(16-7-2-1-3-8-16)21(34)15-10-32(11-15)22(35)23(27,28)29/h1-4,6-9,15,18H,10-12H2. The second-order valence-corrected chi connectivity index (χ2v) is 8.83. The second-order valence-electron chi connectivity index (χ2n) is 7.82. The lowest BCUT2D eigenvalue weighted by atomic mass is 9.97. The molecule has 1 aliphatic carbocycles. The van der Waals surface area contributed by atoms with Gasteiger partial charge in [0, 0.05) is 24.4 Å². The summed E-state index contributed by atoms with van der Waals surface area (Å²) >= 11 is 0.591. The number of halogens is 6. The smallest absolute Gasteiger partial charge is 0.333 e. The van der Waals surface area contributed by atoms with Crippen molar-refractivity contribution < 1.29 is 35.9 Å². The molecule has 2 heterocycles. The summed E-state index contributed by atoms with van der Waals surface area (Å²) in [5, 5.41) is 6.52. The summed E-state index contributed by atoms with van der Waals surface area (Å²) in [6, 6.07) is 8.14. The SMILES string of the molecule is O=C(C1CN(C(=O)C(F)(F)F)C1)N(CC1=CC=C=C(c2nnc(C(F)F)s2)C=C1F)c1ccccc1. The van der Waals surface area contributed by atoms with E-state index in [1.54, 1.807) is 30.3 Å². The van der Waals surface area contributed by atoms with E-state index >= 15 is 4.39 Å². The summed E-state index contributed by atoms with van der Waals surface area (Å²) in [7, 11) is 0. The number of hydrogen-bond donors (Lipinski definition) is 0. The molecule has 0 bridgehead atoms. The highest BCUT2D eigenvalue weighted by molar-refractivity contribution is 7.12. The number of carbonyl (C=O) groups is 2. The summed E-state index contributed by atoms with van der Waals surface area (Å²) in [5.41, 5.74) is 3.24. The Morgan fingerprint density at radius 3 is 2.47 bits per heavy atom. The van der Waals surface area contributed by atoms with Crippen LogP contribution >= 0.6 is 11.3 Å². The van der Waals surface area contributed by atoms with Gasteiger partial charge in [0.25, 0.3) is 6.43 Å². The fourth-order valence-corrected chi connectivity index (χ4v) is 4.21. The molecular weight excluding hydrogens is 510 g/mol. The molecule has 36 heavy (non-hydrogen) atoms. The van der Waals surface area contributed by atoms with Crippen LogP contribution in [0.5, 0.6) is 0 Å². The number of para-hydroxylation sites is 1. The summed E-state index contributed by atoms with van der Waals surface area (Å²) in [6.45, 7) is -1.10. The van der Waals surface area contributed by atoms with Crippen LogP contribution in [0.2, 0.25) is 0 Å². The number of carbonyl (C=O) groups excluding carboxylic acids is 2. The van der Waals surface area contributed by atoms with E-state index < -0.39 is 54.3 Å². The van der Waals surface area contributed by atoms with Crippen molar-refractivity contribution in [3.05, 3.63) is 75.7 Å². The first kappa shape index (κ1) is 25.4. The number of alkyl halides is 5. The van der Waals surface area contributed by atoms with Crippen molar-refractivity contribution >= 4 is 34.4 Å². The highest BCUT2D eigenvalue weighted by atomic mass is 32.1. The molecule has 1 aromatic carbocycles. The predicted octanol–water partition coefficient (Wildman–Crippen LogP) is 4.86. The Bertz CT molecular complexity index is 1290. The molecule has 4 rings (SSSR count). The number of allylic oxidation sites excluding steroid dienone is 3. The molecular formula is C23H16F6N4O2S. The number of likely N-dealkylation sites (tertiary alicyclic amines) is 1. The zero-order chi connectivity index (χ0) is 26.0. The maximum Gasteiger partial charge on any atom is 0.471 e. The third-order valence-corrected chi connectivity index (χ3v) is 6.35. The number of anilines is 1. The maximum absolute atomic E-state index is 15.1. The zero-order valence-corrected chi connectivity index (χ0v) is 19.0. The van der Waals surface area contributed by atoms with E-state index in [0.717, 1.165) is 6.08 Å². The van der Waals surface area contributed by atoms with Crippen LogP contribution in [0, 0.1) is 5.92 Å². The molecule has 1 saturated heterocycles. The number of aromatic nitrogens is 2. The minimum atomic E-state index is -5.04. The number of benzene rings is 1. The zero-order valence-electron chi connectivity index (χ0n) is 18.2. The minimum absolute atomic E-state index is 0.0335. The molecule has 0 atom stereocenters. The molecule has 13 heteroatoms. The normalized spacial score (nSPS) is 16.2. The Morgan fingerprint density at radius 2 is 1.86 bits per heavy atom. The molecule has 2 amide bonds. The quantitative estimate of drug-likeness (QED) is 0.398. The molecule has 2 aromatic rings. The molecule has 0 radical (unpaired) electrons. The fraction of sp³-hybridized carbons (Fsp3) is 0.261. The van der Waals surface area contributed by atoms with E-state index in [1.807, 2.05) is 0 Å². The van der Waals surface area contributed by atoms with E-state index in [9.17, 15) is 31.5 Å². The highest BCUT2D eigenvalue weighted by Gasteiger charge is 2.48. The third kappa shape index (κ3) is 5.42. The van der Waals surface area contributed by atoms with Gasteiger partial charge in [0.2, 0.25) is 5.91 Å². The first-order valence-corrected chi connectivity index (χ1v) is 11.2. The van der Waals surface area contributed by atoms with Crippen molar-refractivity contribution in [2.24, 2.45) is 5.92 Å². The second kappa shape index (κ2) is 10.1. The van der Waals surface area contributed by atoms with E-state index in [0.29, 0.717) is 21.9 Å². The van der Waals surface area contributed by atoms with Gasteiger partial charge in [-0.15, -0.1) is 15.9 Å². The molecule has 0 saturated carbocycles. The van der Waals surface area contributed by atoms with E-state index in [-0.39, 0.29) is 22.7 Å². The number of rotatable bonds is 6. The van der Waals surface area contributed by atoms with Gasteiger partial charge in [0.15, 0.2) is 10.0 Å². The van der Waals surface area contributed by atoms with Crippen LogP contribution in [-0.2, 0) is 9.59 Å².